The first kappa shape index (κ1) is 14.6. The molecular weight excluding hydrogens is 278 g/mol. The maximum atomic E-state index is 12.1. The molecular formula is C18H19NO3. The Bertz CT molecular complexity index is 705. The van der Waals surface area contributed by atoms with Gasteiger partial charge in [-0.1, -0.05) is 42.5 Å². The number of carbonyl (C=O) groups is 2. The van der Waals surface area contributed by atoms with E-state index in [1.807, 2.05) is 42.5 Å². The lowest BCUT2D eigenvalue weighted by Gasteiger charge is -2.32. The lowest BCUT2D eigenvalue weighted by molar-refractivity contribution is -0.151. The van der Waals surface area contributed by atoms with Gasteiger partial charge in [-0.15, -0.1) is 0 Å². The number of nitrogens with zero attached hydrogens (tertiary/aromatic N) is 1. The van der Waals surface area contributed by atoms with E-state index in [0.717, 1.165) is 29.2 Å². The average Bonchev–Trinajstić information content (AvgIpc) is 2.53. The molecule has 0 spiro atoms. The molecule has 4 heteroatoms. The predicted molar refractivity (Wildman–Crippen MR) is 84.6 cm³/mol. The van der Waals surface area contributed by atoms with Crippen molar-refractivity contribution in [3.8, 4) is 0 Å². The number of hydrogen-bond acceptors (Lipinski definition) is 2. The Hall–Kier alpha value is -2.36. The van der Waals surface area contributed by atoms with Crippen molar-refractivity contribution in [1.82, 2.24) is 4.90 Å². The Morgan fingerprint density at radius 3 is 2.68 bits per heavy atom. The molecule has 1 aliphatic heterocycles. The van der Waals surface area contributed by atoms with E-state index in [2.05, 4.69) is 0 Å². The summed E-state index contributed by atoms with van der Waals surface area (Å²) in [6.07, 6.45) is 2.54. The first-order valence-electron chi connectivity index (χ1n) is 7.66. The van der Waals surface area contributed by atoms with E-state index in [1.54, 1.807) is 0 Å². The third-order valence-electron chi connectivity index (χ3n) is 4.31. The largest absolute Gasteiger partial charge is 0.480 e. The highest BCUT2D eigenvalue weighted by Crippen LogP contribution is 2.23. The van der Waals surface area contributed by atoms with Crippen LogP contribution >= 0.6 is 0 Å². The first-order chi connectivity index (χ1) is 10.7. The molecule has 22 heavy (non-hydrogen) atoms. The van der Waals surface area contributed by atoms with Crippen LogP contribution in [-0.4, -0.2) is 34.5 Å². The number of likely N-dealkylation sites (tertiary alicyclic amines) is 1. The lowest BCUT2D eigenvalue weighted by atomic mass is 9.96. The van der Waals surface area contributed by atoms with Gasteiger partial charge in [-0.3, -0.25) is 4.79 Å². The van der Waals surface area contributed by atoms with Gasteiger partial charge in [0, 0.05) is 19.4 Å². The highest BCUT2D eigenvalue weighted by atomic mass is 16.4. The van der Waals surface area contributed by atoms with E-state index >= 15 is 0 Å². The minimum atomic E-state index is -0.928. The fourth-order valence-electron chi connectivity index (χ4n) is 3.17. The zero-order chi connectivity index (χ0) is 15.5. The van der Waals surface area contributed by atoms with E-state index in [9.17, 15) is 14.7 Å². The molecule has 3 rings (SSSR count). The molecule has 0 bridgehead atoms. The van der Waals surface area contributed by atoms with Crippen LogP contribution in [0.25, 0.3) is 10.8 Å². The number of benzene rings is 2. The third kappa shape index (κ3) is 2.82. The van der Waals surface area contributed by atoms with Crippen molar-refractivity contribution < 1.29 is 14.7 Å². The molecule has 0 aliphatic carbocycles. The topological polar surface area (TPSA) is 57.6 Å². The number of aliphatic carboxylic acids is 1. The summed E-state index contributed by atoms with van der Waals surface area (Å²) in [5.41, 5.74) is 0.976. The number of carboxylic acid groups (broad SMARTS) is 1. The summed E-state index contributed by atoms with van der Waals surface area (Å²) in [4.78, 5) is 25.3. The molecule has 1 fully saturated rings. The summed E-state index contributed by atoms with van der Waals surface area (Å²) in [6.45, 7) is 0.542. The molecule has 1 unspecified atom stereocenters. The molecule has 1 saturated heterocycles. The van der Waals surface area contributed by atoms with Gasteiger partial charge in [0.15, 0.2) is 0 Å². The fraction of sp³-hybridized carbons (Fsp3) is 0.333. The summed E-state index contributed by atoms with van der Waals surface area (Å²) < 4.78 is 0. The molecule has 2 aromatic carbocycles. The minimum Gasteiger partial charge on any atom is -0.480 e. The normalized spacial score (nSPS) is 16.7. The van der Waals surface area contributed by atoms with Gasteiger partial charge in [0.1, 0.15) is 6.04 Å². The van der Waals surface area contributed by atoms with Crippen molar-refractivity contribution in [2.45, 2.75) is 31.7 Å². The van der Waals surface area contributed by atoms with Crippen molar-refractivity contribution in [2.75, 3.05) is 6.54 Å². The number of amides is 1. The summed E-state index contributed by atoms with van der Waals surface area (Å²) in [5, 5.41) is 11.7. The van der Waals surface area contributed by atoms with Crippen LogP contribution in [0, 0.1) is 0 Å². The van der Waals surface area contributed by atoms with E-state index in [0.29, 0.717) is 19.4 Å². The van der Waals surface area contributed by atoms with Crippen LogP contribution in [0.3, 0.4) is 0 Å². The van der Waals surface area contributed by atoms with E-state index in [-0.39, 0.29) is 5.91 Å². The molecule has 1 N–H and O–H groups in total. The molecule has 2 aromatic rings. The van der Waals surface area contributed by atoms with Crippen LogP contribution < -0.4 is 0 Å². The third-order valence-corrected chi connectivity index (χ3v) is 4.31. The Labute approximate surface area is 129 Å². The molecule has 0 aromatic heterocycles. The van der Waals surface area contributed by atoms with Crippen LogP contribution in [0.2, 0.25) is 0 Å². The monoisotopic (exact) mass is 297 g/mol. The zero-order valence-corrected chi connectivity index (χ0v) is 12.4. The Morgan fingerprint density at radius 2 is 1.91 bits per heavy atom. The van der Waals surface area contributed by atoms with Gasteiger partial charge in [0.05, 0.1) is 0 Å². The standard InChI is InChI=1S/C18H19NO3/c20-17-10-3-4-11-19(17)16(18(21)22)12-14-8-5-7-13-6-1-2-9-15(13)14/h1-2,5-9,16H,3-4,10-12H2,(H,21,22). The Morgan fingerprint density at radius 1 is 1.14 bits per heavy atom. The number of rotatable bonds is 4. The summed E-state index contributed by atoms with van der Waals surface area (Å²) in [7, 11) is 0. The van der Waals surface area contributed by atoms with Crippen molar-refractivity contribution in [2.24, 2.45) is 0 Å². The van der Waals surface area contributed by atoms with E-state index in [1.165, 1.54) is 4.90 Å². The summed E-state index contributed by atoms with van der Waals surface area (Å²) in [6, 6.07) is 13.1. The van der Waals surface area contributed by atoms with Crippen LogP contribution in [0.4, 0.5) is 0 Å². The average molecular weight is 297 g/mol. The zero-order valence-electron chi connectivity index (χ0n) is 12.4. The fourth-order valence-corrected chi connectivity index (χ4v) is 3.17. The maximum absolute atomic E-state index is 12.1. The molecule has 114 valence electrons. The van der Waals surface area contributed by atoms with E-state index in [4.69, 9.17) is 0 Å². The molecule has 1 atom stereocenters. The number of fused-ring (bicyclic) bond motifs is 1. The van der Waals surface area contributed by atoms with Crippen molar-refractivity contribution in [3.63, 3.8) is 0 Å². The quantitative estimate of drug-likeness (QED) is 0.944. The second kappa shape index (κ2) is 6.18. The van der Waals surface area contributed by atoms with Gasteiger partial charge in [0.2, 0.25) is 5.91 Å². The summed E-state index contributed by atoms with van der Waals surface area (Å²) >= 11 is 0. The second-order valence-corrected chi connectivity index (χ2v) is 5.74. The van der Waals surface area contributed by atoms with Crippen molar-refractivity contribution in [3.05, 3.63) is 48.0 Å². The molecule has 1 aliphatic rings. The molecule has 0 radical (unpaired) electrons. The lowest BCUT2D eigenvalue weighted by Crippen LogP contribution is -2.48. The van der Waals surface area contributed by atoms with Gasteiger partial charge in [-0.05, 0) is 29.2 Å². The SMILES string of the molecule is O=C(O)C(Cc1cccc2ccccc12)N1CCCCC1=O. The molecule has 1 amide bonds. The molecule has 4 nitrogen and oxygen atoms in total. The first-order valence-corrected chi connectivity index (χ1v) is 7.66. The van der Waals surface area contributed by atoms with Gasteiger partial charge in [-0.25, -0.2) is 4.79 Å². The molecule has 1 heterocycles. The van der Waals surface area contributed by atoms with Gasteiger partial charge < -0.3 is 10.0 Å². The van der Waals surface area contributed by atoms with Gasteiger partial charge in [0.25, 0.3) is 0 Å². The number of hydrogen-bond donors (Lipinski definition) is 1. The smallest absolute Gasteiger partial charge is 0.326 e. The van der Waals surface area contributed by atoms with Gasteiger partial charge >= 0.3 is 5.97 Å². The minimum absolute atomic E-state index is 0.0427. The molecule has 0 saturated carbocycles. The van der Waals surface area contributed by atoms with Crippen LogP contribution in [0.15, 0.2) is 42.5 Å². The summed E-state index contributed by atoms with van der Waals surface area (Å²) in [5.74, 6) is -0.970. The Balaban J connectivity index is 1.93. The van der Waals surface area contributed by atoms with Crippen LogP contribution in [-0.2, 0) is 16.0 Å². The van der Waals surface area contributed by atoms with Gasteiger partial charge in [-0.2, -0.15) is 0 Å². The van der Waals surface area contributed by atoms with Crippen molar-refractivity contribution >= 4 is 22.6 Å². The predicted octanol–water partition coefficient (Wildman–Crippen LogP) is 2.85. The highest BCUT2D eigenvalue weighted by Gasteiger charge is 2.31. The number of carboxylic acids is 1. The second-order valence-electron chi connectivity index (χ2n) is 5.74. The van der Waals surface area contributed by atoms with Crippen LogP contribution in [0.5, 0.6) is 0 Å². The number of carbonyl (C=O) groups excluding carboxylic acids is 1. The highest BCUT2D eigenvalue weighted by molar-refractivity contribution is 5.88. The maximum Gasteiger partial charge on any atom is 0.326 e. The van der Waals surface area contributed by atoms with E-state index < -0.39 is 12.0 Å². The Kier molecular flexibility index (Phi) is 4.09. The van der Waals surface area contributed by atoms with Crippen molar-refractivity contribution in [1.29, 1.82) is 0 Å². The number of piperidine rings is 1. The van der Waals surface area contributed by atoms with Crippen LogP contribution in [0.1, 0.15) is 24.8 Å².